The first-order valence-corrected chi connectivity index (χ1v) is 6.29. The van der Waals surface area contributed by atoms with Crippen LogP contribution in [-0.2, 0) is 6.42 Å². The van der Waals surface area contributed by atoms with Gasteiger partial charge in [0.1, 0.15) is 0 Å². The van der Waals surface area contributed by atoms with Crippen molar-refractivity contribution in [3.63, 3.8) is 0 Å². The topological polar surface area (TPSA) is 17.1 Å². The largest absolute Gasteiger partial charge is 0.294 e. The molecule has 0 saturated heterocycles. The fourth-order valence-electron chi connectivity index (χ4n) is 1.63. The Morgan fingerprint density at radius 2 is 1.59 bits per heavy atom. The van der Waals surface area contributed by atoms with Gasteiger partial charge in [-0.05, 0) is 24.6 Å². The van der Waals surface area contributed by atoms with Crippen molar-refractivity contribution in [1.82, 2.24) is 0 Å². The molecule has 0 heterocycles. The molecule has 0 bridgehead atoms. The zero-order valence-electron chi connectivity index (χ0n) is 9.61. The first-order chi connectivity index (χ1) is 8.15. The Bertz CT molecular complexity index is 512. The number of benzene rings is 2. The smallest absolute Gasteiger partial charge is 0.167 e. The van der Waals surface area contributed by atoms with Gasteiger partial charge in [-0.25, -0.2) is 0 Å². The molecule has 0 saturated carbocycles. The van der Waals surface area contributed by atoms with E-state index in [1.165, 1.54) is 5.56 Å². The molecule has 0 aliphatic heterocycles. The van der Waals surface area contributed by atoms with Crippen LogP contribution in [-0.4, -0.2) is 5.78 Å². The van der Waals surface area contributed by atoms with E-state index in [0.717, 1.165) is 15.6 Å². The number of aryl methyl sites for hydroxylation is 1. The summed E-state index contributed by atoms with van der Waals surface area (Å²) >= 11 is 3.38. The fraction of sp³-hybridized carbons (Fsp3) is 0.133. The highest BCUT2D eigenvalue weighted by atomic mass is 79.9. The quantitative estimate of drug-likeness (QED) is 0.775. The summed E-state index contributed by atoms with van der Waals surface area (Å²) in [4.78, 5) is 12.0. The van der Waals surface area contributed by atoms with Crippen LogP contribution in [0.2, 0.25) is 0 Å². The van der Waals surface area contributed by atoms with Gasteiger partial charge in [-0.1, -0.05) is 57.9 Å². The van der Waals surface area contributed by atoms with Gasteiger partial charge in [-0.3, -0.25) is 4.79 Å². The van der Waals surface area contributed by atoms with Crippen LogP contribution in [0, 0.1) is 6.92 Å². The molecule has 0 atom stereocenters. The molecule has 0 aliphatic carbocycles. The number of carbonyl (C=O) groups is 1. The van der Waals surface area contributed by atoms with Gasteiger partial charge in [0.05, 0.1) is 0 Å². The number of ketones is 1. The van der Waals surface area contributed by atoms with E-state index in [-0.39, 0.29) is 5.78 Å². The van der Waals surface area contributed by atoms with E-state index in [2.05, 4.69) is 15.9 Å². The van der Waals surface area contributed by atoms with E-state index < -0.39 is 0 Å². The summed E-state index contributed by atoms with van der Waals surface area (Å²) in [5.74, 6) is 0.160. The minimum Gasteiger partial charge on any atom is -0.294 e. The lowest BCUT2D eigenvalue weighted by molar-refractivity contribution is 0.0993. The van der Waals surface area contributed by atoms with Crippen molar-refractivity contribution in [2.24, 2.45) is 0 Å². The van der Waals surface area contributed by atoms with E-state index in [9.17, 15) is 4.79 Å². The third-order valence-corrected chi connectivity index (χ3v) is 3.18. The van der Waals surface area contributed by atoms with Crippen LogP contribution in [0.1, 0.15) is 21.5 Å². The average molecular weight is 289 g/mol. The first-order valence-electron chi connectivity index (χ1n) is 5.49. The van der Waals surface area contributed by atoms with Gasteiger partial charge in [0, 0.05) is 16.5 Å². The first kappa shape index (κ1) is 12.1. The second kappa shape index (κ2) is 5.28. The Kier molecular flexibility index (Phi) is 3.75. The summed E-state index contributed by atoms with van der Waals surface area (Å²) in [6.07, 6.45) is 0.455. The molecule has 0 spiro atoms. The minimum atomic E-state index is 0.160. The lowest BCUT2D eigenvalue weighted by Crippen LogP contribution is -2.03. The van der Waals surface area contributed by atoms with Gasteiger partial charge in [-0.15, -0.1) is 0 Å². The number of carbonyl (C=O) groups excluding carboxylic acids is 1. The minimum absolute atomic E-state index is 0.160. The molecule has 0 radical (unpaired) electrons. The van der Waals surface area contributed by atoms with E-state index in [0.29, 0.717) is 6.42 Å². The molecule has 0 amide bonds. The van der Waals surface area contributed by atoms with E-state index in [4.69, 9.17) is 0 Å². The van der Waals surface area contributed by atoms with Gasteiger partial charge >= 0.3 is 0 Å². The number of hydrogen-bond donors (Lipinski definition) is 0. The van der Waals surface area contributed by atoms with Gasteiger partial charge in [0.15, 0.2) is 5.78 Å². The molecule has 86 valence electrons. The Hall–Kier alpha value is -1.41. The Balaban J connectivity index is 2.11. The lowest BCUT2D eigenvalue weighted by atomic mass is 10.0. The van der Waals surface area contributed by atoms with E-state index >= 15 is 0 Å². The van der Waals surface area contributed by atoms with Crippen molar-refractivity contribution in [3.05, 3.63) is 69.7 Å². The molecule has 2 aromatic carbocycles. The van der Waals surface area contributed by atoms with Crippen LogP contribution in [0.25, 0.3) is 0 Å². The molecule has 1 nitrogen and oxygen atoms in total. The van der Waals surface area contributed by atoms with Crippen molar-refractivity contribution in [1.29, 1.82) is 0 Å². The third-order valence-electron chi connectivity index (χ3n) is 2.65. The van der Waals surface area contributed by atoms with E-state index in [1.54, 1.807) is 0 Å². The highest BCUT2D eigenvalue weighted by molar-refractivity contribution is 9.10. The van der Waals surface area contributed by atoms with Crippen LogP contribution < -0.4 is 0 Å². The molecule has 0 N–H and O–H groups in total. The number of hydrogen-bond acceptors (Lipinski definition) is 1. The maximum absolute atomic E-state index is 12.0. The second-order valence-electron chi connectivity index (χ2n) is 4.09. The van der Waals surface area contributed by atoms with Crippen molar-refractivity contribution in [3.8, 4) is 0 Å². The maximum atomic E-state index is 12.0. The molecule has 0 fully saturated rings. The average Bonchev–Trinajstić information content (AvgIpc) is 2.33. The standard InChI is InChI=1S/C15H13BrO/c1-11-2-6-13(7-3-11)15(17)10-12-4-8-14(16)9-5-12/h2-9H,10H2,1H3. The summed E-state index contributed by atoms with van der Waals surface area (Å²) in [5.41, 5.74) is 2.99. The SMILES string of the molecule is Cc1ccc(C(=O)Cc2ccc(Br)cc2)cc1. The molecule has 2 heteroatoms. The van der Waals surface area contributed by atoms with Crippen molar-refractivity contribution >= 4 is 21.7 Å². The monoisotopic (exact) mass is 288 g/mol. The maximum Gasteiger partial charge on any atom is 0.167 e. The van der Waals surface area contributed by atoms with Gasteiger partial charge < -0.3 is 0 Å². The highest BCUT2D eigenvalue weighted by Crippen LogP contribution is 2.13. The Morgan fingerprint density at radius 3 is 2.18 bits per heavy atom. The zero-order chi connectivity index (χ0) is 12.3. The summed E-state index contributed by atoms with van der Waals surface area (Å²) in [6, 6.07) is 15.6. The van der Waals surface area contributed by atoms with Gasteiger partial charge in [-0.2, -0.15) is 0 Å². The molecule has 17 heavy (non-hydrogen) atoms. The lowest BCUT2D eigenvalue weighted by Gasteiger charge is -2.02. The number of halogens is 1. The second-order valence-corrected chi connectivity index (χ2v) is 5.01. The fourth-order valence-corrected chi connectivity index (χ4v) is 1.89. The molecular weight excluding hydrogens is 276 g/mol. The molecular formula is C15H13BrO. The van der Waals surface area contributed by atoms with Crippen molar-refractivity contribution in [2.45, 2.75) is 13.3 Å². The van der Waals surface area contributed by atoms with Crippen LogP contribution in [0.5, 0.6) is 0 Å². The van der Waals surface area contributed by atoms with E-state index in [1.807, 2.05) is 55.5 Å². The van der Waals surface area contributed by atoms with Crippen LogP contribution in [0.15, 0.2) is 53.0 Å². The highest BCUT2D eigenvalue weighted by Gasteiger charge is 2.06. The normalized spacial score (nSPS) is 10.2. The molecule has 2 aromatic rings. The summed E-state index contributed by atoms with van der Waals surface area (Å²) in [6.45, 7) is 2.02. The third kappa shape index (κ3) is 3.27. The number of rotatable bonds is 3. The zero-order valence-corrected chi connectivity index (χ0v) is 11.2. The summed E-state index contributed by atoms with van der Waals surface area (Å²) in [5, 5.41) is 0. The molecule has 0 aromatic heterocycles. The predicted octanol–water partition coefficient (Wildman–Crippen LogP) is 4.18. The van der Waals surface area contributed by atoms with Crippen LogP contribution in [0.3, 0.4) is 0 Å². The number of Topliss-reactive ketones (excluding diaryl/α,β-unsaturated/α-hetero) is 1. The molecule has 2 rings (SSSR count). The van der Waals surface area contributed by atoms with Crippen molar-refractivity contribution < 1.29 is 4.79 Å². The summed E-state index contributed by atoms with van der Waals surface area (Å²) in [7, 11) is 0. The van der Waals surface area contributed by atoms with Crippen molar-refractivity contribution in [2.75, 3.05) is 0 Å². The molecule has 0 aliphatic rings. The van der Waals surface area contributed by atoms with Gasteiger partial charge in [0.2, 0.25) is 0 Å². The van der Waals surface area contributed by atoms with Crippen LogP contribution in [0.4, 0.5) is 0 Å². The Morgan fingerprint density at radius 1 is 1.00 bits per heavy atom. The van der Waals surface area contributed by atoms with Gasteiger partial charge in [0.25, 0.3) is 0 Å². The molecule has 0 unspecified atom stereocenters. The Labute approximate surface area is 110 Å². The van der Waals surface area contributed by atoms with Crippen LogP contribution >= 0.6 is 15.9 Å². The summed E-state index contributed by atoms with van der Waals surface area (Å²) < 4.78 is 1.03. The predicted molar refractivity (Wildman–Crippen MR) is 73.4 cm³/mol.